The number of aromatic nitrogens is 2. The van der Waals surface area contributed by atoms with Crippen LogP contribution < -0.4 is 16.6 Å². The Morgan fingerprint density at radius 2 is 1.69 bits per heavy atom. The third-order valence-corrected chi connectivity index (χ3v) is 4.84. The topological polar surface area (TPSA) is 179 Å². The standard InChI is InChI=1S/C22H35N3O10/c1-21(2,3)34-15(28)9-12(23-19(31)35-22(4,5)6)10-25-14(27)7-8-24(20(25)32)18-17(30)16(29)13(11-26)33-18/h7-8,12-13,16-18,26,29-30H,9-11H2,1-6H3,(H,23,31)/t12-,13+,16+,17+,18+/m0/s1. The zero-order chi connectivity index (χ0) is 26.7. The maximum Gasteiger partial charge on any atom is 0.407 e. The Kier molecular flexibility index (Phi) is 8.87. The molecule has 1 aromatic heterocycles. The highest BCUT2D eigenvalue weighted by Crippen LogP contribution is 2.27. The van der Waals surface area contributed by atoms with Crippen LogP contribution in [0.2, 0.25) is 0 Å². The van der Waals surface area contributed by atoms with Crippen LogP contribution in [0.3, 0.4) is 0 Å². The van der Waals surface area contributed by atoms with E-state index in [9.17, 15) is 34.5 Å². The molecule has 0 saturated carbocycles. The first-order chi connectivity index (χ1) is 16.0. The number of hydrogen-bond acceptors (Lipinski definition) is 10. The SMILES string of the molecule is CC(C)(C)OC(=O)C[C@@H](Cn1c(=O)ccn([C@@H]2O[C@H](CO)[C@@H](O)[C@H]2O)c1=O)NC(=O)OC(C)(C)C. The summed E-state index contributed by atoms with van der Waals surface area (Å²) in [7, 11) is 0. The lowest BCUT2D eigenvalue weighted by Gasteiger charge is -2.25. The molecule has 0 aromatic carbocycles. The van der Waals surface area contributed by atoms with E-state index < -0.39 is 78.2 Å². The van der Waals surface area contributed by atoms with Crippen LogP contribution in [0.15, 0.2) is 21.9 Å². The number of nitrogens with zero attached hydrogens (tertiary/aromatic N) is 2. The first-order valence-electron chi connectivity index (χ1n) is 11.2. The largest absolute Gasteiger partial charge is 0.460 e. The minimum absolute atomic E-state index is 0.370. The summed E-state index contributed by atoms with van der Waals surface area (Å²) in [6, 6.07) is -0.0279. The summed E-state index contributed by atoms with van der Waals surface area (Å²) in [5.41, 5.74) is -3.30. The van der Waals surface area contributed by atoms with Crippen LogP contribution in [-0.2, 0) is 25.5 Å². The predicted octanol–water partition coefficient (Wildman–Crippen LogP) is -0.753. The fourth-order valence-corrected chi connectivity index (χ4v) is 3.44. The molecule has 0 aliphatic carbocycles. The second-order valence-electron chi connectivity index (χ2n) is 10.3. The molecule has 1 amide bonds. The number of carbonyl (C=O) groups excluding carboxylic acids is 2. The highest BCUT2D eigenvalue weighted by molar-refractivity contribution is 5.73. The van der Waals surface area contributed by atoms with Crippen LogP contribution in [0.1, 0.15) is 54.2 Å². The van der Waals surface area contributed by atoms with Crippen LogP contribution in [0.25, 0.3) is 0 Å². The summed E-state index contributed by atoms with van der Waals surface area (Å²) < 4.78 is 17.5. The number of esters is 1. The molecule has 0 unspecified atom stereocenters. The molecule has 1 fully saturated rings. The summed E-state index contributed by atoms with van der Waals surface area (Å²) in [5, 5.41) is 32.1. The highest BCUT2D eigenvalue weighted by atomic mass is 16.6. The molecule has 1 aliphatic heterocycles. The number of alkyl carbamates (subject to hydrolysis) is 1. The van der Waals surface area contributed by atoms with Gasteiger partial charge in [-0.1, -0.05) is 0 Å². The van der Waals surface area contributed by atoms with Gasteiger partial charge in [0.15, 0.2) is 6.23 Å². The van der Waals surface area contributed by atoms with Gasteiger partial charge in [0.1, 0.15) is 29.5 Å². The van der Waals surface area contributed by atoms with Crippen LogP contribution in [-0.4, -0.2) is 78.7 Å². The third kappa shape index (κ3) is 7.88. The number of hydrogen-bond donors (Lipinski definition) is 4. The quantitative estimate of drug-likeness (QED) is 0.347. The van der Waals surface area contributed by atoms with Gasteiger partial charge in [0.05, 0.1) is 25.6 Å². The van der Waals surface area contributed by atoms with E-state index in [4.69, 9.17) is 14.2 Å². The zero-order valence-electron chi connectivity index (χ0n) is 20.8. The molecule has 4 N–H and O–H groups in total. The molecule has 2 heterocycles. The van der Waals surface area contributed by atoms with Gasteiger partial charge >= 0.3 is 17.8 Å². The van der Waals surface area contributed by atoms with Crippen molar-refractivity contribution in [1.82, 2.24) is 14.5 Å². The van der Waals surface area contributed by atoms with Crippen molar-refractivity contribution < 1.29 is 39.1 Å². The van der Waals surface area contributed by atoms with E-state index in [0.717, 1.165) is 21.4 Å². The monoisotopic (exact) mass is 501 g/mol. The maximum absolute atomic E-state index is 13.1. The fourth-order valence-electron chi connectivity index (χ4n) is 3.44. The van der Waals surface area contributed by atoms with Crippen molar-refractivity contribution in [2.45, 2.75) is 96.3 Å². The summed E-state index contributed by atoms with van der Waals surface area (Å²) in [5.74, 6) is -0.675. The number of aliphatic hydroxyl groups is 3. The van der Waals surface area contributed by atoms with Gasteiger partial charge in [-0.2, -0.15) is 0 Å². The molecular weight excluding hydrogens is 466 g/mol. The molecule has 0 bridgehead atoms. The lowest BCUT2D eigenvalue weighted by atomic mass is 10.1. The molecule has 0 radical (unpaired) electrons. The van der Waals surface area contributed by atoms with E-state index in [0.29, 0.717) is 0 Å². The van der Waals surface area contributed by atoms with Crippen LogP contribution in [0, 0.1) is 0 Å². The highest BCUT2D eigenvalue weighted by Gasteiger charge is 2.44. The first kappa shape index (κ1) is 28.5. The van der Waals surface area contributed by atoms with Gasteiger partial charge < -0.3 is 34.8 Å². The Labute approximate surface area is 202 Å². The van der Waals surface area contributed by atoms with E-state index in [1.54, 1.807) is 41.5 Å². The second kappa shape index (κ2) is 10.9. The van der Waals surface area contributed by atoms with Gasteiger partial charge in [0.25, 0.3) is 5.56 Å². The smallest absolute Gasteiger partial charge is 0.407 e. The average molecular weight is 502 g/mol. The van der Waals surface area contributed by atoms with Crippen LogP contribution >= 0.6 is 0 Å². The Morgan fingerprint density at radius 1 is 1.09 bits per heavy atom. The maximum atomic E-state index is 13.1. The van der Waals surface area contributed by atoms with Crippen molar-refractivity contribution in [2.75, 3.05) is 6.61 Å². The Bertz CT molecular complexity index is 990. The normalized spacial score (nSPS) is 23.6. The van der Waals surface area contributed by atoms with Crippen molar-refractivity contribution in [1.29, 1.82) is 0 Å². The molecule has 13 nitrogen and oxygen atoms in total. The molecule has 13 heteroatoms. The molecule has 2 rings (SSSR count). The van der Waals surface area contributed by atoms with Gasteiger partial charge in [0, 0.05) is 12.3 Å². The van der Waals surface area contributed by atoms with Gasteiger partial charge in [-0.15, -0.1) is 0 Å². The van der Waals surface area contributed by atoms with E-state index in [-0.39, 0.29) is 6.42 Å². The first-order valence-corrected chi connectivity index (χ1v) is 11.2. The number of aliphatic hydroxyl groups excluding tert-OH is 3. The molecule has 1 aromatic rings. The predicted molar refractivity (Wildman–Crippen MR) is 122 cm³/mol. The molecule has 5 atom stereocenters. The van der Waals surface area contributed by atoms with Crippen molar-refractivity contribution in [3.05, 3.63) is 33.1 Å². The second-order valence-corrected chi connectivity index (χ2v) is 10.3. The van der Waals surface area contributed by atoms with E-state index >= 15 is 0 Å². The third-order valence-electron chi connectivity index (χ3n) is 4.84. The number of amides is 1. The lowest BCUT2D eigenvalue weighted by Crippen LogP contribution is -2.49. The molecule has 35 heavy (non-hydrogen) atoms. The van der Waals surface area contributed by atoms with Gasteiger partial charge in [-0.05, 0) is 41.5 Å². The molecule has 0 spiro atoms. The lowest BCUT2D eigenvalue weighted by molar-refractivity contribution is -0.155. The van der Waals surface area contributed by atoms with Crippen LogP contribution in [0.5, 0.6) is 0 Å². The van der Waals surface area contributed by atoms with Crippen LogP contribution in [0.4, 0.5) is 4.79 Å². The minimum atomic E-state index is -1.55. The summed E-state index contributed by atoms with van der Waals surface area (Å²) >= 11 is 0. The number of rotatable bonds is 7. The van der Waals surface area contributed by atoms with Crippen molar-refractivity contribution in [3.63, 3.8) is 0 Å². The van der Waals surface area contributed by atoms with Gasteiger partial charge in [0.2, 0.25) is 0 Å². The number of nitrogens with one attached hydrogen (secondary N) is 1. The minimum Gasteiger partial charge on any atom is -0.460 e. The summed E-state index contributed by atoms with van der Waals surface area (Å²) in [4.78, 5) is 50.4. The van der Waals surface area contributed by atoms with E-state index in [2.05, 4.69) is 5.32 Å². The van der Waals surface area contributed by atoms with Gasteiger partial charge in [-0.3, -0.25) is 18.7 Å². The molecule has 198 valence electrons. The Morgan fingerprint density at radius 3 is 2.20 bits per heavy atom. The van der Waals surface area contributed by atoms with E-state index in [1.165, 1.54) is 0 Å². The van der Waals surface area contributed by atoms with E-state index in [1.807, 2.05) is 0 Å². The number of carbonyl (C=O) groups is 2. The number of ether oxygens (including phenoxy) is 3. The van der Waals surface area contributed by atoms with Crippen molar-refractivity contribution in [3.8, 4) is 0 Å². The zero-order valence-corrected chi connectivity index (χ0v) is 20.8. The molecule has 1 aliphatic rings. The summed E-state index contributed by atoms with van der Waals surface area (Å²) in [6.07, 6.45) is -5.64. The average Bonchev–Trinajstić information content (AvgIpc) is 2.96. The van der Waals surface area contributed by atoms with Crippen molar-refractivity contribution >= 4 is 12.1 Å². The van der Waals surface area contributed by atoms with Gasteiger partial charge in [-0.25, -0.2) is 9.59 Å². The Hall–Kier alpha value is -2.74. The summed E-state index contributed by atoms with van der Waals surface area (Å²) in [6.45, 7) is 8.94. The molecular formula is C22H35N3O10. The van der Waals surface area contributed by atoms with Crippen molar-refractivity contribution in [2.24, 2.45) is 0 Å². The molecule has 1 saturated heterocycles. The Balaban J connectivity index is 2.36. The fraction of sp³-hybridized carbons (Fsp3) is 0.727.